The van der Waals surface area contributed by atoms with Gasteiger partial charge in [0.15, 0.2) is 0 Å². The number of oxime groups is 1. The third kappa shape index (κ3) is 3.93. The molecule has 20 heavy (non-hydrogen) atoms. The number of carbonyl (C=O) groups excluding carboxylic acids is 1. The molecule has 10 heteroatoms. The molecule has 0 atom stereocenters. The first-order chi connectivity index (χ1) is 9.25. The summed E-state index contributed by atoms with van der Waals surface area (Å²) in [5.74, 6) is -4.17. The van der Waals surface area contributed by atoms with Crippen molar-refractivity contribution in [2.24, 2.45) is 5.16 Å². The van der Waals surface area contributed by atoms with Crippen LogP contribution < -0.4 is 5.32 Å². The van der Waals surface area contributed by atoms with E-state index >= 15 is 0 Å². The summed E-state index contributed by atoms with van der Waals surface area (Å²) in [4.78, 5) is 29.4. The molecule has 0 spiro atoms. The number of hydrogen-bond donors (Lipinski definition) is 2. The Hall–Kier alpha value is -2.65. The number of aromatic nitrogens is 1. The van der Waals surface area contributed by atoms with E-state index in [0.717, 1.165) is 13.2 Å². The minimum atomic E-state index is -5.08. The number of halogens is 3. The predicted octanol–water partition coefficient (Wildman–Crippen LogP) is 1.02. The van der Waals surface area contributed by atoms with E-state index in [1.54, 1.807) is 0 Å². The molecule has 0 aliphatic heterocycles. The summed E-state index contributed by atoms with van der Waals surface area (Å²) in [7, 11) is 1.10. The first kappa shape index (κ1) is 15.4. The highest BCUT2D eigenvalue weighted by Crippen LogP contribution is 2.17. The van der Waals surface area contributed by atoms with Gasteiger partial charge in [0.05, 0.1) is 0 Å². The summed E-state index contributed by atoms with van der Waals surface area (Å²) in [6, 6.07) is 3.47. The van der Waals surface area contributed by atoms with Gasteiger partial charge in [0.1, 0.15) is 18.6 Å². The lowest BCUT2D eigenvalue weighted by Gasteiger charge is -2.08. The Bertz CT molecular complexity index is 557. The van der Waals surface area contributed by atoms with Crippen molar-refractivity contribution < 1.29 is 32.7 Å². The quantitative estimate of drug-likeness (QED) is 0.637. The van der Waals surface area contributed by atoms with Gasteiger partial charge in [-0.2, -0.15) is 13.2 Å². The number of pyridine rings is 1. The fourth-order valence-corrected chi connectivity index (χ4v) is 1.11. The Balaban J connectivity index is 3.05. The number of hydrogen-bond acceptors (Lipinski definition) is 5. The minimum absolute atomic E-state index is 0.265. The maximum Gasteiger partial charge on any atom is 0.471 e. The van der Waals surface area contributed by atoms with E-state index in [9.17, 15) is 22.8 Å². The maximum absolute atomic E-state index is 12.1. The molecule has 0 aromatic carbocycles. The second kappa shape index (κ2) is 5.99. The number of aliphatic carboxylic acids is 1. The van der Waals surface area contributed by atoms with Gasteiger partial charge in [-0.25, -0.2) is 9.78 Å². The molecule has 0 radical (unpaired) electrons. The van der Waals surface area contributed by atoms with Gasteiger partial charge in [0.25, 0.3) is 0 Å². The van der Waals surface area contributed by atoms with Crippen LogP contribution in [0.1, 0.15) is 5.69 Å². The Morgan fingerprint density at radius 1 is 1.40 bits per heavy atom. The third-order valence-corrected chi connectivity index (χ3v) is 1.88. The van der Waals surface area contributed by atoms with Crippen molar-refractivity contribution in [1.29, 1.82) is 0 Å². The molecule has 0 unspecified atom stereocenters. The topological polar surface area (TPSA) is 101 Å². The van der Waals surface area contributed by atoms with Crippen LogP contribution in [0.25, 0.3) is 0 Å². The summed E-state index contributed by atoms with van der Waals surface area (Å²) in [6.45, 7) is 0. The van der Waals surface area contributed by atoms with Gasteiger partial charge in [0, 0.05) is 0 Å². The highest BCUT2D eigenvalue weighted by molar-refractivity contribution is 6.41. The van der Waals surface area contributed by atoms with Crippen molar-refractivity contribution in [3.05, 3.63) is 23.9 Å². The average molecular weight is 291 g/mol. The lowest BCUT2D eigenvalue weighted by atomic mass is 10.2. The van der Waals surface area contributed by atoms with Gasteiger partial charge >= 0.3 is 18.1 Å². The largest absolute Gasteiger partial charge is 0.476 e. The molecule has 1 amide bonds. The standard InChI is InChI=1S/C10H8F3N3O4/c1-20-16-7(8(17)18)5-3-2-4-6(14-5)15-9(19)10(11,12)13/h2-4H,1H3,(H,17,18)(H,14,15,19). The number of nitrogens with one attached hydrogen (secondary N) is 1. The van der Waals surface area contributed by atoms with Crippen LogP contribution in [0, 0.1) is 0 Å². The zero-order valence-corrected chi connectivity index (χ0v) is 9.93. The number of carboxylic acids is 1. The van der Waals surface area contributed by atoms with Gasteiger partial charge in [-0.3, -0.25) is 4.79 Å². The van der Waals surface area contributed by atoms with Crippen LogP contribution in [-0.2, 0) is 14.4 Å². The lowest BCUT2D eigenvalue weighted by Crippen LogP contribution is -2.30. The molecule has 1 heterocycles. The van der Waals surface area contributed by atoms with E-state index in [4.69, 9.17) is 5.11 Å². The number of carboxylic acid groups (broad SMARTS) is 1. The third-order valence-electron chi connectivity index (χ3n) is 1.88. The summed E-state index contributed by atoms with van der Waals surface area (Å²) < 4.78 is 36.2. The molecule has 1 rings (SSSR count). The van der Waals surface area contributed by atoms with Crippen LogP contribution in [0.4, 0.5) is 19.0 Å². The average Bonchev–Trinajstić information content (AvgIpc) is 2.34. The molecule has 0 saturated carbocycles. The van der Waals surface area contributed by atoms with Crippen LogP contribution in [0.15, 0.2) is 23.4 Å². The zero-order chi connectivity index (χ0) is 15.3. The molecule has 108 valence electrons. The molecule has 0 saturated heterocycles. The summed E-state index contributed by atoms with van der Waals surface area (Å²) >= 11 is 0. The van der Waals surface area contributed by atoms with Crippen LogP contribution >= 0.6 is 0 Å². The molecule has 1 aromatic rings. The Kier molecular flexibility index (Phi) is 4.62. The van der Waals surface area contributed by atoms with Crippen molar-refractivity contribution in [2.45, 2.75) is 6.18 Å². The van der Waals surface area contributed by atoms with Gasteiger partial charge in [-0.1, -0.05) is 11.2 Å². The van der Waals surface area contributed by atoms with Crippen molar-refractivity contribution >= 4 is 23.4 Å². The van der Waals surface area contributed by atoms with Crippen molar-refractivity contribution in [1.82, 2.24) is 4.98 Å². The Labute approximate surface area is 110 Å². The Morgan fingerprint density at radius 3 is 2.55 bits per heavy atom. The number of nitrogens with zero attached hydrogens (tertiary/aromatic N) is 2. The number of amides is 1. The van der Waals surface area contributed by atoms with Crippen LogP contribution in [0.5, 0.6) is 0 Å². The fourth-order valence-electron chi connectivity index (χ4n) is 1.11. The number of anilines is 1. The van der Waals surface area contributed by atoms with E-state index in [2.05, 4.69) is 15.0 Å². The number of rotatable bonds is 4. The van der Waals surface area contributed by atoms with E-state index < -0.39 is 29.6 Å². The first-order valence-corrected chi connectivity index (χ1v) is 4.95. The van der Waals surface area contributed by atoms with Crippen molar-refractivity contribution in [3.63, 3.8) is 0 Å². The monoisotopic (exact) mass is 291 g/mol. The molecule has 0 bridgehead atoms. The van der Waals surface area contributed by atoms with Gasteiger partial charge < -0.3 is 15.3 Å². The highest BCUT2D eigenvalue weighted by Gasteiger charge is 2.39. The molecule has 0 fully saturated rings. The Morgan fingerprint density at radius 2 is 2.05 bits per heavy atom. The molecular weight excluding hydrogens is 283 g/mol. The van der Waals surface area contributed by atoms with E-state index in [1.807, 2.05) is 0 Å². The van der Waals surface area contributed by atoms with Crippen LogP contribution in [-0.4, -0.2) is 41.0 Å². The SMILES string of the molecule is CON=C(C(=O)O)c1cccc(NC(=O)C(F)(F)F)n1. The predicted molar refractivity (Wildman–Crippen MR) is 60.1 cm³/mol. The number of carbonyl (C=O) groups is 2. The zero-order valence-electron chi connectivity index (χ0n) is 9.93. The summed E-state index contributed by atoms with van der Waals surface area (Å²) in [5, 5.41) is 13.5. The second-order valence-corrected chi connectivity index (χ2v) is 3.29. The second-order valence-electron chi connectivity index (χ2n) is 3.29. The minimum Gasteiger partial charge on any atom is -0.476 e. The molecule has 2 N–H and O–H groups in total. The molecular formula is C10H8F3N3O4. The molecule has 1 aromatic heterocycles. The summed E-state index contributed by atoms with van der Waals surface area (Å²) in [5.41, 5.74) is -0.880. The summed E-state index contributed by atoms with van der Waals surface area (Å²) in [6.07, 6.45) is -5.08. The first-order valence-electron chi connectivity index (χ1n) is 4.95. The van der Waals surface area contributed by atoms with E-state index in [-0.39, 0.29) is 5.69 Å². The fraction of sp³-hybridized carbons (Fsp3) is 0.200. The highest BCUT2D eigenvalue weighted by atomic mass is 19.4. The maximum atomic E-state index is 12.1. The molecule has 7 nitrogen and oxygen atoms in total. The van der Waals surface area contributed by atoms with Gasteiger partial charge in [0.2, 0.25) is 5.71 Å². The van der Waals surface area contributed by atoms with Gasteiger partial charge in [-0.15, -0.1) is 0 Å². The van der Waals surface area contributed by atoms with E-state index in [1.165, 1.54) is 17.4 Å². The van der Waals surface area contributed by atoms with E-state index in [0.29, 0.717) is 0 Å². The lowest BCUT2D eigenvalue weighted by molar-refractivity contribution is -0.167. The van der Waals surface area contributed by atoms with Gasteiger partial charge in [-0.05, 0) is 12.1 Å². The van der Waals surface area contributed by atoms with Crippen molar-refractivity contribution in [3.8, 4) is 0 Å². The van der Waals surface area contributed by atoms with Crippen molar-refractivity contribution in [2.75, 3.05) is 12.4 Å². The molecule has 0 aliphatic rings. The van der Waals surface area contributed by atoms with Crippen LogP contribution in [0.3, 0.4) is 0 Å². The number of alkyl halides is 3. The normalized spacial score (nSPS) is 11.9. The van der Waals surface area contributed by atoms with Crippen LogP contribution in [0.2, 0.25) is 0 Å². The smallest absolute Gasteiger partial charge is 0.471 e. The molecule has 0 aliphatic carbocycles.